The summed E-state index contributed by atoms with van der Waals surface area (Å²) in [5, 5.41) is 2.68. The molecule has 3 aromatic rings. The van der Waals surface area contributed by atoms with E-state index in [9.17, 15) is 9.59 Å². The van der Waals surface area contributed by atoms with Gasteiger partial charge in [-0.2, -0.15) is 0 Å². The van der Waals surface area contributed by atoms with Crippen molar-refractivity contribution in [1.82, 2.24) is 9.88 Å². The predicted octanol–water partition coefficient (Wildman–Crippen LogP) is 3.41. The molecular formula is C23H26N2O5. The SMILES string of the molecule is Cc1cccc(OCCNC(=O)COC(=O)c2cc(C)n(Cc3ccco3)c2C)c1. The van der Waals surface area contributed by atoms with Crippen molar-refractivity contribution in [2.45, 2.75) is 27.3 Å². The lowest BCUT2D eigenvalue weighted by atomic mass is 10.2. The van der Waals surface area contributed by atoms with Crippen molar-refractivity contribution in [1.29, 1.82) is 0 Å². The van der Waals surface area contributed by atoms with Crippen LogP contribution in [0.5, 0.6) is 5.75 Å². The van der Waals surface area contributed by atoms with Crippen LogP contribution in [0.2, 0.25) is 0 Å². The molecule has 0 aliphatic heterocycles. The predicted molar refractivity (Wildman–Crippen MR) is 112 cm³/mol. The fourth-order valence-electron chi connectivity index (χ4n) is 3.13. The van der Waals surface area contributed by atoms with Crippen molar-refractivity contribution in [3.8, 4) is 5.75 Å². The zero-order valence-electron chi connectivity index (χ0n) is 17.4. The molecule has 0 radical (unpaired) electrons. The van der Waals surface area contributed by atoms with Gasteiger partial charge in [0.25, 0.3) is 5.91 Å². The van der Waals surface area contributed by atoms with E-state index in [1.54, 1.807) is 12.3 Å². The van der Waals surface area contributed by atoms with Crippen LogP contribution >= 0.6 is 0 Å². The molecule has 158 valence electrons. The first-order valence-electron chi connectivity index (χ1n) is 9.76. The Morgan fingerprint density at radius 2 is 1.93 bits per heavy atom. The summed E-state index contributed by atoms with van der Waals surface area (Å²) >= 11 is 0. The molecule has 1 aromatic carbocycles. The van der Waals surface area contributed by atoms with Crippen LogP contribution in [-0.2, 0) is 16.1 Å². The highest BCUT2D eigenvalue weighted by Crippen LogP contribution is 2.18. The number of furan rings is 1. The zero-order valence-corrected chi connectivity index (χ0v) is 17.4. The number of rotatable bonds is 9. The minimum atomic E-state index is -0.528. The molecule has 0 aliphatic carbocycles. The van der Waals surface area contributed by atoms with Crippen LogP contribution in [-0.4, -0.2) is 36.2 Å². The first-order valence-corrected chi connectivity index (χ1v) is 9.76. The molecule has 0 spiro atoms. The molecule has 0 unspecified atom stereocenters. The lowest BCUT2D eigenvalue weighted by molar-refractivity contribution is -0.124. The third-order valence-electron chi connectivity index (χ3n) is 4.70. The number of carbonyl (C=O) groups excluding carboxylic acids is 2. The Morgan fingerprint density at radius 1 is 1.10 bits per heavy atom. The van der Waals surface area contributed by atoms with Gasteiger partial charge in [0.1, 0.15) is 18.1 Å². The van der Waals surface area contributed by atoms with E-state index in [1.165, 1.54) is 0 Å². The number of aryl methyl sites for hydroxylation is 2. The smallest absolute Gasteiger partial charge is 0.340 e. The molecule has 1 amide bonds. The maximum Gasteiger partial charge on any atom is 0.340 e. The minimum absolute atomic E-state index is 0.321. The third-order valence-corrected chi connectivity index (χ3v) is 4.70. The second-order valence-electron chi connectivity index (χ2n) is 7.04. The molecule has 0 saturated heterocycles. The van der Waals surface area contributed by atoms with Crippen LogP contribution < -0.4 is 10.1 Å². The fraction of sp³-hybridized carbons (Fsp3) is 0.304. The number of hydrogen-bond acceptors (Lipinski definition) is 5. The summed E-state index contributed by atoms with van der Waals surface area (Å²) in [6, 6.07) is 13.1. The summed E-state index contributed by atoms with van der Waals surface area (Å²) in [4.78, 5) is 24.4. The summed E-state index contributed by atoms with van der Waals surface area (Å²) in [7, 11) is 0. The summed E-state index contributed by atoms with van der Waals surface area (Å²) in [5.41, 5.74) is 3.22. The van der Waals surface area contributed by atoms with Crippen LogP contribution in [0.4, 0.5) is 0 Å². The van der Waals surface area contributed by atoms with E-state index in [1.807, 2.05) is 61.7 Å². The highest BCUT2D eigenvalue weighted by Gasteiger charge is 2.18. The molecule has 7 nitrogen and oxygen atoms in total. The van der Waals surface area contributed by atoms with Gasteiger partial charge in [-0.3, -0.25) is 4.79 Å². The largest absolute Gasteiger partial charge is 0.492 e. The molecule has 1 N–H and O–H groups in total. The molecular weight excluding hydrogens is 384 g/mol. The topological polar surface area (TPSA) is 82.7 Å². The number of esters is 1. The Morgan fingerprint density at radius 3 is 2.67 bits per heavy atom. The van der Waals surface area contributed by atoms with Crippen molar-refractivity contribution >= 4 is 11.9 Å². The second-order valence-corrected chi connectivity index (χ2v) is 7.04. The summed E-state index contributed by atoms with van der Waals surface area (Å²) < 4.78 is 18.1. The van der Waals surface area contributed by atoms with Gasteiger partial charge in [-0.05, 0) is 56.7 Å². The average Bonchev–Trinajstić information content (AvgIpc) is 3.33. The fourth-order valence-corrected chi connectivity index (χ4v) is 3.13. The highest BCUT2D eigenvalue weighted by molar-refractivity contribution is 5.92. The second kappa shape index (κ2) is 9.82. The first kappa shape index (κ1) is 21.2. The van der Waals surface area contributed by atoms with Crippen LogP contribution in [0.25, 0.3) is 0 Å². The van der Waals surface area contributed by atoms with Gasteiger partial charge in [0.05, 0.1) is 24.9 Å². The monoisotopic (exact) mass is 410 g/mol. The van der Waals surface area contributed by atoms with E-state index in [0.29, 0.717) is 25.3 Å². The van der Waals surface area contributed by atoms with Crippen molar-refractivity contribution in [2.75, 3.05) is 19.8 Å². The normalized spacial score (nSPS) is 10.6. The van der Waals surface area contributed by atoms with Crippen molar-refractivity contribution in [2.24, 2.45) is 0 Å². The summed E-state index contributed by atoms with van der Waals surface area (Å²) in [5.74, 6) is 0.644. The maximum atomic E-state index is 12.4. The molecule has 0 atom stereocenters. The van der Waals surface area contributed by atoms with Gasteiger partial charge in [0, 0.05) is 11.4 Å². The number of ether oxygens (including phenoxy) is 2. The van der Waals surface area contributed by atoms with E-state index in [2.05, 4.69) is 5.32 Å². The Hall–Kier alpha value is -3.48. The van der Waals surface area contributed by atoms with E-state index < -0.39 is 5.97 Å². The Balaban J connectivity index is 1.44. The molecule has 7 heteroatoms. The number of aromatic nitrogens is 1. The molecule has 0 aliphatic rings. The molecule has 2 aromatic heterocycles. The van der Waals surface area contributed by atoms with Crippen molar-refractivity contribution in [3.05, 3.63) is 77.0 Å². The zero-order chi connectivity index (χ0) is 21.5. The molecule has 0 saturated carbocycles. The van der Waals surface area contributed by atoms with E-state index in [4.69, 9.17) is 13.9 Å². The Bertz CT molecular complexity index is 1000. The highest BCUT2D eigenvalue weighted by atomic mass is 16.5. The van der Waals surface area contributed by atoms with Gasteiger partial charge in [-0.15, -0.1) is 0 Å². The number of carbonyl (C=O) groups is 2. The van der Waals surface area contributed by atoms with Gasteiger partial charge in [0.2, 0.25) is 0 Å². The van der Waals surface area contributed by atoms with E-state index in [-0.39, 0.29) is 12.5 Å². The van der Waals surface area contributed by atoms with Crippen LogP contribution in [0, 0.1) is 20.8 Å². The number of nitrogens with zero attached hydrogens (tertiary/aromatic N) is 1. The average molecular weight is 410 g/mol. The van der Waals surface area contributed by atoms with Crippen LogP contribution in [0.1, 0.15) is 33.1 Å². The molecule has 0 bridgehead atoms. The third kappa shape index (κ3) is 5.53. The number of nitrogens with one attached hydrogen (secondary N) is 1. The van der Waals surface area contributed by atoms with Gasteiger partial charge < -0.3 is 23.8 Å². The van der Waals surface area contributed by atoms with Gasteiger partial charge >= 0.3 is 5.97 Å². The molecule has 3 rings (SSSR count). The Kier molecular flexibility index (Phi) is 6.95. The van der Waals surface area contributed by atoms with Crippen molar-refractivity contribution < 1.29 is 23.5 Å². The van der Waals surface area contributed by atoms with Gasteiger partial charge in [-0.25, -0.2) is 4.79 Å². The molecule has 30 heavy (non-hydrogen) atoms. The maximum absolute atomic E-state index is 12.4. The molecule has 2 heterocycles. The minimum Gasteiger partial charge on any atom is -0.492 e. The van der Waals surface area contributed by atoms with Crippen LogP contribution in [0.15, 0.2) is 53.1 Å². The van der Waals surface area contributed by atoms with Gasteiger partial charge in [-0.1, -0.05) is 12.1 Å². The Labute approximate surface area is 175 Å². The number of hydrogen-bond donors (Lipinski definition) is 1. The molecule has 0 fully saturated rings. The number of amides is 1. The van der Waals surface area contributed by atoms with E-state index >= 15 is 0 Å². The number of benzene rings is 1. The summed E-state index contributed by atoms with van der Waals surface area (Å²) in [6.07, 6.45) is 1.61. The van der Waals surface area contributed by atoms with Crippen LogP contribution in [0.3, 0.4) is 0 Å². The lowest BCUT2D eigenvalue weighted by Gasteiger charge is -2.09. The van der Waals surface area contributed by atoms with E-state index in [0.717, 1.165) is 28.5 Å². The summed E-state index contributed by atoms with van der Waals surface area (Å²) in [6.45, 7) is 6.57. The van der Waals surface area contributed by atoms with Crippen molar-refractivity contribution in [3.63, 3.8) is 0 Å². The van der Waals surface area contributed by atoms with Gasteiger partial charge in [0.15, 0.2) is 6.61 Å². The quantitative estimate of drug-likeness (QED) is 0.432. The lowest BCUT2D eigenvalue weighted by Crippen LogP contribution is -2.32. The first-order chi connectivity index (χ1) is 14.4. The standard InChI is InChI=1S/C23H26N2O5/c1-16-6-4-7-19(12-16)29-11-9-24-22(26)15-30-23(27)21-13-17(2)25(18(21)3)14-20-8-5-10-28-20/h4-8,10,12-13H,9,11,14-15H2,1-3H3,(H,24,26).